The molecule has 0 radical (unpaired) electrons. The molecule has 0 aliphatic heterocycles. The average Bonchev–Trinajstić information content (AvgIpc) is 3.22. The third-order valence-electron chi connectivity index (χ3n) is 3.37. The van der Waals surface area contributed by atoms with E-state index in [1.54, 1.807) is 15.9 Å². The normalized spacial score (nSPS) is 12.3. The molecule has 3 aromatic rings. The topological polar surface area (TPSA) is 75.8 Å². The highest BCUT2D eigenvalue weighted by Gasteiger charge is 2.16. The van der Waals surface area contributed by atoms with Crippen LogP contribution in [0.2, 0.25) is 0 Å². The lowest BCUT2D eigenvalue weighted by Gasteiger charge is -2.12. The van der Waals surface area contributed by atoms with E-state index in [1.165, 1.54) is 0 Å². The number of carbonyl (C=O) groups is 1. The molecule has 0 aromatic carbocycles. The summed E-state index contributed by atoms with van der Waals surface area (Å²) in [4.78, 5) is 13.3. The second-order valence-corrected chi connectivity index (χ2v) is 6.49. The molecule has 3 aromatic heterocycles. The molecule has 1 unspecified atom stereocenters. The number of nitrogens with one attached hydrogen (secondary N) is 2. The fraction of sp³-hybridized carbons (Fsp3) is 0.267. The van der Waals surface area contributed by atoms with Crippen LogP contribution in [-0.2, 0) is 11.3 Å². The van der Waals surface area contributed by atoms with E-state index in [2.05, 4.69) is 15.5 Å². The summed E-state index contributed by atoms with van der Waals surface area (Å²) in [5.41, 5.74) is 0. The second-order valence-electron chi connectivity index (χ2n) is 5.15. The largest absolute Gasteiger partial charge is 0.464 e. The van der Waals surface area contributed by atoms with Crippen LogP contribution < -0.4 is 5.32 Å². The smallest absolute Gasteiger partial charge is 0.240 e. The quantitative estimate of drug-likeness (QED) is 0.693. The first-order valence-electron chi connectivity index (χ1n) is 7.09. The molecule has 6 nitrogen and oxygen atoms in total. The number of aromatic amines is 1. The number of amides is 1. The third kappa shape index (κ3) is 3.43. The van der Waals surface area contributed by atoms with Gasteiger partial charge in [-0.15, -0.1) is 11.3 Å². The first-order chi connectivity index (χ1) is 11.0. The predicted octanol–water partition coefficient (Wildman–Crippen LogP) is 3.45. The Bertz CT molecular complexity index is 860. The lowest BCUT2D eigenvalue weighted by atomic mass is 10.2. The van der Waals surface area contributed by atoms with E-state index in [1.807, 2.05) is 43.5 Å². The van der Waals surface area contributed by atoms with Gasteiger partial charge in [0.1, 0.15) is 18.1 Å². The zero-order valence-electron chi connectivity index (χ0n) is 12.7. The Morgan fingerprint density at radius 3 is 3.00 bits per heavy atom. The summed E-state index contributed by atoms with van der Waals surface area (Å²) in [5, 5.41) is 11.8. The predicted molar refractivity (Wildman–Crippen MR) is 90.7 cm³/mol. The summed E-state index contributed by atoms with van der Waals surface area (Å²) in [7, 11) is 0. The maximum atomic E-state index is 12.3. The summed E-state index contributed by atoms with van der Waals surface area (Å²) in [6.07, 6.45) is 0. The molecule has 8 heteroatoms. The zero-order chi connectivity index (χ0) is 16.4. The van der Waals surface area contributed by atoms with Crippen LogP contribution in [-0.4, -0.2) is 20.7 Å². The lowest BCUT2D eigenvalue weighted by molar-refractivity contribution is -0.122. The summed E-state index contributed by atoms with van der Waals surface area (Å²) in [6.45, 7) is 3.85. The standard InChI is InChI=1S/C15H16N4O2S2/c1-9-5-6-11(21-9)10(2)16-13(20)8-19-14(17-18-15(19)22)12-4-3-7-23-12/h3-7,10H,8H2,1-2H3,(H,16,20)(H,18,22). The van der Waals surface area contributed by atoms with Crippen molar-refractivity contribution in [3.8, 4) is 10.7 Å². The molecule has 0 saturated heterocycles. The molecule has 0 aliphatic rings. The SMILES string of the molecule is Cc1ccc(C(C)NC(=O)Cn2c(-c3cccs3)n[nH]c2=S)o1. The van der Waals surface area contributed by atoms with E-state index in [-0.39, 0.29) is 18.5 Å². The molecule has 2 N–H and O–H groups in total. The summed E-state index contributed by atoms with van der Waals surface area (Å²) in [6, 6.07) is 7.41. The van der Waals surface area contributed by atoms with E-state index in [4.69, 9.17) is 16.6 Å². The summed E-state index contributed by atoms with van der Waals surface area (Å²) >= 11 is 6.77. The fourth-order valence-corrected chi connectivity index (χ4v) is 3.17. The van der Waals surface area contributed by atoms with E-state index in [9.17, 15) is 4.79 Å². The lowest BCUT2D eigenvalue weighted by Crippen LogP contribution is -2.30. The van der Waals surface area contributed by atoms with Crippen LogP contribution in [0.25, 0.3) is 10.7 Å². The van der Waals surface area contributed by atoms with Gasteiger partial charge in [0, 0.05) is 0 Å². The minimum atomic E-state index is -0.206. The van der Waals surface area contributed by atoms with Crippen molar-refractivity contribution in [2.45, 2.75) is 26.4 Å². The van der Waals surface area contributed by atoms with Crippen LogP contribution in [0.4, 0.5) is 0 Å². The minimum absolute atomic E-state index is 0.104. The van der Waals surface area contributed by atoms with E-state index in [0.29, 0.717) is 10.6 Å². The Morgan fingerprint density at radius 2 is 2.35 bits per heavy atom. The van der Waals surface area contributed by atoms with Crippen molar-refractivity contribution in [3.05, 3.63) is 45.9 Å². The van der Waals surface area contributed by atoms with Crippen LogP contribution in [0.1, 0.15) is 24.5 Å². The molecule has 0 saturated carbocycles. The number of nitrogens with zero attached hydrogens (tertiary/aromatic N) is 2. The molecule has 0 spiro atoms. The maximum Gasteiger partial charge on any atom is 0.240 e. The maximum absolute atomic E-state index is 12.3. The van der Waals surface area contributed by atoms with Gasteiger partial charge in [-0.1, -0.05) is 6.07 Å². The highest BCUT2D eigenvalue weighted by molar-refractivity contribution is 7.71. The van der Waals surface area contributed by atoms with Gasteiger partial charge in [0.2, 0.25) is 5.91 Å². The van der Waals surface area contributed by atoms with Crippen LogP contribution >= 0.6 is 23.6 Å². The Balaban J connectivity index is 1.74. The van der Waals surface area contributed by atoms with Crippen molar-refractivity contribution in [1.29, 1.82) is 0 Å². The number of hydrogen-bond donors (Lipinski definition) is 2. The number of carbonyl (C=O) groups excluding carboxylic acids is 1. The van der Waals surface area contributed by atoms with Crippen molar-refractivity contribution < 1.29 is 9.21 Å². The first-order valence-corrected chi connectivity index (χ1v) is 8.38. The molecule has 1 amide bonds. The number of aromatic nitrogens is 3. The Morgan fingerprint density at radius 1 is 1.52 bits per heavy atom. The van der Waals surface area contributed by atoms with E-state index >= 15 is 0 Å². The number of H-pyrrole nitrogens is 1. The molecule has 1 atom stereocenters. The monoisotopic (exact) mass is 348 g/mol. The molecule has 120 valence electrons. The fourth-order valence-electron chi connectivity index (χ4n) is 2.25. The number of hydrogen-bond acceptors (Lipinski definition) is 5. The van der Waals surface area contributed by atoms with Crippen LogP contribution in [0, 0.1) is 11.7 Å². The molecular formula is C15H16N4O2S2. The Labute approximate surface area is 142 Å². The highest BCUT2D eigenvalue weighted by Crippen LogP contribution is 2.22. The van der Waals surface area contributed by atoms with Gasteiger partial charge in [0.05, 0.1) is 10.9 Å². The van der Waals surface area contributed by atoms with Crippen molar-refractivity contribution >= 4 is 29.5 Å². The van der Waals surface area contributed by atoms with Crippen molar-refractivity contribution in [2.75, 3.05) is 0 Å². The van der Waals surface area contributed by atoms with Gasteiger partial charge in [-0.2, -0.15) is 5.10 Å². The van der Waals surface area contributed by atoms with Gasteiger partial charge in [0.15, 0.2) is 10.6 Å². The van der Waals surface area contributed by atoms with Crippen molar-refractivity contribution in [1.82, 2.24) is 20.1 Å². The van der Waals surface area contributed by atoms with E-state index < -0.39 is 0 Å². The molecule has 23 heavy (non-hydrogen) atoms. The number of aryl methyl sites for hydroxylation is 1. The Hall–Kier alpha value is -2.19. The molecule has 0 fully saturated rings. The summed E-state index contributed by atoms with van der Waals surface area (Å²) < 4.78 is 7.64. The second kappa shape index (κ2) is 6.51. The van der Waals surface area contributed by atoms with Gasteiger partial charge in [-0.3, -0.25) is 14.5 Å². The van der Waals surface area contributed by atoms with Crippen LogP contribution in [0.15, 0.2) is 34.1 Å². The van der Waals surface area contributed by atoms with Gasteiger partial charge in [0.25, 0.3) is 0 Å². The molecule has 3 heterocycles. The number of furan rings is 1. The molecule has 3 rings (SSSR count). The Kier molecular flexibility index (Phi) is 4.44. The third-order valence-corrected chi connectivity index (χ3v) is 4.54. The van der Waals surface area contributed by atoms with Crippen molar-refractivity contribution in [2.24, 2.45) is 0 Å². The van der Waals surface area contributed by atoms with Gasteiger partial charge >= 0.3 is 0 Å². The van der Waals surface area contributed by atoms with Gasteiger partial charge in [-0.25, -0.2) is 0 Å². The average molecular weight is 348 g/mol. The van der Waals surface area contributed by atoms with Crippen molar-refractivity contribution in [3.63, 3.8) is 0 Å². The first kappa shape index (κ1) is 15.7. The number of rotatable bonds is 5. The van der Waals surface area contributed by atoms with Gasteiger partial charge in [-0.05, 0) is 49.6 Å². The zero-order valence-corrected chi connectivity index (χ0v) is 14.3. The van der Waals surface area contributed by atoms with Gasteiger partial charge < -0.3 is 9.73 Å². The highest BCUT2D eigenvalue weighted by atomic mass is 32.1. The van der Waals surface area contributed by atoms with E-state index in [0.717, 1.165) is 16.4 Å². The molecule has 0 aliphatic carbocycles. The number of thiophene rings is 1. The minimum Gasteiger partial charge on any atom is -0.464 e. The molecule has 0 bridgehead atoms. The molecular weight excluding hydrogens is 332 g/mol. The van der Waals surface area contributed by atoms with Crippen LogP contribution in [0.5, 0.6) is 0 Å². The summed E-state index contributed by atoms with van der Waals surface area (Å²) in [5.74, 6) is 2.06. The van der Waals surface area contributed by atoms with Crippen LogP contribution in [0.3, 0.4) is 0 Å².